The van der Waals surface area contributed by atoms with E-state index in [1.165, 1.54) is 27.8 Å². The Balaban J connectivity index is 1.15. The number of likely N-dealkylation sites (tertiary alicyclic amines) is 1. The Hall–Kier alpha value is -5.80. The number of anilines is 1. The van der Waals surface area contributed by atoms with E-state index in [-0.39, 0.29) is 77.7 Å². The molecule has 8 rings (SSSR count). The number of hydrogen-bond donors (Lipinski definition) is 2. The third-order valence-electron chi connectivity index (χ3n) is 11.4. The van der Waals surface area contributed by atoms with Gasteiger partial charge in [0.1, 0.15) is 23.3 Å². The van der Waals surface area contributed by atoms with E-state index in [0.717, 1.165) is 23.1 Å². The number of aromatic nitrogens is 5. The summed E-state index contributed by atoms with van der Waals surface area (Å²) >= 11 is 6.16. The summed E-state index contributed by atoms with van der Waals surface area (Å²) in [5.41, 5.74) is -2.67. The molecule has 1 atom stereocenters. The van der Waals surface area contributed by atoms with Gasteiger partial charge < -0.3 is 29.5 Å². The molecule has 0 bridgehead atoms. The number of piperidine rings is 1. The molecule has 1 spiro atoms. The number of pyridine rings is 1. The summed E-state index contributed by atoms with van der Waals surface area (Å²) in [4.78, 5) is 66.7. The number of halogens is 4. The van der Waals surface area contributed by atoms with Gasteiger partial charge in [0.2, 0.25) is 17.6 Å². The predicted octanol–water partition coefficient (Wildman–Crippen LogP) is 4.83. The molecule has 1 aromatic carbocycles. The Morgan fingerprint density at radius 3 is 2.49 bits per heavy atom. The molecule has 1 saturated heterocycles. The Morgan fingerprint density at radius 2 is 1.88 bits per heavy atom. The van der Waals surface area contributed by atoms with Crippen molar-refractivity contribution in [2.45, 2.75) is 69.9 Å². The van der Waals surface area contributed by atoms with Gasteiger partial charge in [-0.25, -0.2) is 4.98 Å². The maximum Gasteiger partial charge on any atom is 0.416 e. The zero-order valence-corrected chi connectivity index (χ0v) is 31.2. The molecule has 1 aliphatic carbocycles. The van der Waals surface area contributed by atoms with Crippen LogP contribution in [0.15, 0.2) is 47.4 Å². The molecule has 2 N–H and O–H groups in total. The van der Waals surface area contributed by atoms with Crippen LogP contribution in [0.25, 0.3) is 11.4 Å². The van der Waals surface area contributed by atoms with Gasteiger partial charge >= 0.3 is 6.18 Å². The lowest BCUT2D eigenvalue weighted by atomic mass is 9.69. The third-order valence-corrected chi connectivity index (χ3v) is 11.7. The van der Waals surface area contributed by atoms with Gasteiger partial charge in [-0.1, -0.05) is 17.7 Å². The number of hydrogen-bond acceptors (Lipinski definition) is 10. The number of fused-ring (bicyclic) bond motifs is 3. The molecule has 0 unspecified atom stereocenters. The van der Waals surface area contributed by atoms with E-state index in [9.17, 15) is 42.7 Å². The van der Waals surface area contributed by atoms with Gasteiger partial charge in [0.15, 0.2) is 11.5 Å². The van der Waals surface area contributed by atoms with Crippen LogP contribution in [-0.4, -0.2) is 83.0 Å². The molecule has 57 heavy (non-hydrogen) atoms. The van der Waals surface area contributed by atoms with Gasteiger partial charge in [-0.3, -0.25) is 19.2 Å². The molecule has 296 valence electrons. The van der Waals surface area contributed by atoms with Crippen LogP contribution in [0.1, 0.15) is 84.7 Å². The summed E-state index contributed by atoms with van der Waals surface area (Å²) < 4.78 is 49.1. The summed E-state index contributed by atoms with van der Waals surface area (Å²) in [6.45, 7) is 2.06. The average molecular weight is 806 g/mol. The summed E-state index contributed by atoms with van der Waals surface area (Å²) in [6.07, 6.45) is 0.322. The van der Waals surface area contributed by atoms with E-state index in [1.54, 1.807) is 17.9 Å². The van der Waals surface area contributed by atoms with Crippen molar-refractivity contribution in [2.24, 2.45) is 5.41 Å². The molecular formula is C38H35ClF3N9O6. The first-order chi connectivity index (χ1) is 27.1. The average Bonchev–Trinajstić information content (AvgIpc) is 3.74. The zero-order valence-electron chi connectivity index (χ0n) is 30.5. The third kappa shape index (κ3) is 6.48. The van der Waals surface area contributed by atoms with Crippen molar-refractivity contribution in [3.8, 4) is 11.8 Å². The number of carbonyl (C=O) groups is 3. The fraction of sp³-hybridized carbons (Fsp3) is 0.421. The Labute approximate surface area is 327 Å². The van der Waals surface area contributed by atoms with Crippen molar-refractivity contribution in [1.82, 2.24) is 33.9 Å². The maximum atomic E-state index is 14.6. The second-order valence-corrected chi connectivity index (χ2v) is 15.1. The molecule has 1 saturated carbocycles. The van der Waals surface area contributed by atoms with Gasteiger partial charge in [0.25, 0.3) is 11.5 Å². The van der Waals surface area contributed by atoms with Crippen molar-refractivity contribution in [2.75, 3.05) is 31.5 Å². The second kappa shape index (κ2) is 14.0. The molecule has 15 nitrogen and oxygen atoms in total. The molecule has 4 aliphatic rings. The van der Waals surface area contributed by atoms with Crippen LogP contribution in [0, 0.1) is 16.7 Å². The monoisotopic (exact) mass is 805 g/mol. The van der Waals surface area contributed by atoms with E-state index in [1.807, 2.05) is 0 Å². The standard InChI is InChI=1S/C38H35ClF3N9O6/c1-21-30-28(37(57-21)11-16-48(17-12-37)33(55)29-26(52)4-2-13-44-29)32(54)51-35(50(30)19-27(53)45-25-6-5-23(18-24(25)39)38(40,41)42)46-31(47-51)22-7-14-49(15-8-22)34(56)36(20-43)9-3-10-36/h2,4-7,13,18,21,52H,3,8-12,14-17,19H2,1H3,(H,45,53)/t21-/m1/s1. The number of amides is 3. The van der Waals surface area contributed by atoms with E-state index in [4.69, 9.17) is 21.3 Å². The quantitative estimate of drug-likeness (QED) is 0.273. The number of ether oxygens (including phenoxy) is 1. The predicted molar refractivity (Wildman–Crippen MR) is 196 cm³/mol. The molecule has 6 heterocycles. The van der Waals surface area contributed by atoms with Gasteiger partial charge in [-0.05, 0) is 81.4 Å². The molecule has 19 heteroatoms. The number of nitriles is 1. The van der Waals surface area contributed by atoms with E-state index in [0.29, 0.717) is 43.1 Å². The highest BCUT2D eigenvalue weighted by Gasteiger charge is 2.51. The van der Waals surface area contributed by atoms with E-state index >= 15 is 0 Å². The smallest absolute Gasteiger partial charge is 0.416 e. The van der Waals surface area contributed by atoms with Gasteiger partial charge in [-0.2, -0.15) is 27.9 Å². The zero-order chi connectivity index (χ0) is 40.4. The van der Waals surface area contributed by atoms with Gasteiger partial charge in [0, 0.05) is 32.4 Å². The molecular weight excluding hydrogens is 771 g/mol. The minimum absolute atomic E-state index is 0.00506. The highest BCUT2D eigenvalue weighted by atomic mass is 35.5. The Morgan fingerprint density at radius 1 is 1.12 bits per heavy atom. The normalized spacial score (nSPS) is 19.8. The fourth-order valence-corrected chi connectivity index (χ4v) is 8.44. The van der Waals surface area contributed by atoms with Crippen LogP contribution >= 0.6 is 11.6 Å². The van der Waals surface area contributed by atoms with Crippen molar-refractivity contribution < 1.29 is 37.4 Å². The molecule has 4 aromatic rings. The first kappa shape index (κ1) is 38.1. The van der Waals surface area contributed by atoms with Crippen molar-refractivity contribution >= 4 is 46.4 Å². The van der Waals surface area contributed by atoms with Gasteiger partial charge in [0.05, 0.1) is 39.7 Å². The van der Waals surface area contributed by atoms with Crippen LogP contribution in [0.5, 0.6) is 5.75 Å². The number of rotatable bonds is 6. The lowest BCUT2D eigenvalue weighted by Gasteiger charge is -2.39. The van der Waals surface area contributed by atoms with E-state index in [2.05, 4.69) is 21.5 Å². The van der Waals surface area contributed by atoms with Crippen molar-refractivity contribution in [3.05, 3.63) is 86.3 Å². The van der Waals surface area contributed by atoms with Crippen molar-refractivity contribution in [3.63, 3.8) is 0 Å². The fourth-order valence-electron chi connectivity index (χ4n) is 8.21. The second-order valence-electron chi connectivity index (χ2n) is 14.7. The molecule has 3 amide bonds. The first-order valence-electron chi connectivity index (χ1n) is 18.4. The molecule has 3 aliphatic heterocycles. The topological polar surface area (TPSA) is 188 Å². The highest BCUT2D eigenvalue weighted by Crippen LogP contribution is 2.48. The SMILES string of the molecule is C[C@H]1OC2(CCN(C(=O)c3ncccc3O)CC2)c2c1n(CC(=O)Nc1ccc(C(F)(F)F)cc1Cl)c1nc(C3=CCN(C(=O)C4(C#N)CCC4)CC3)nn1c2=O. The Kier molecular flexibility index (Phi) is 9.35. The maximum absolute atomic E-state index is 14.6. The number of nitrogens with one attached hydrogen (secondary N) is 1. The molecule has 3 aromatic heterocycles. The van der Waals surface area contributed by atoms with Crippen LogP contribution in [0.3, 0.4) is 0 Å². The highest BCUT2D eigenvalue weighted by molar-refractivity contribution is 6.33. The number of benzene rings is 1. The summed E-state index contributed by atoms with van der Waals surface area (Å²) in [7, 11) is 0. The van der Waals surface area contributed by atoms with Crippen LogP contribution in [0.4, 0.5) is 18.9 Å². The number of aromatic hydroxyl groups is 1. The minimum Gasteiger partial charge on any atom is -0.505 e. The Bertz CT molecular complexity index is 2480. The molecule has 0 radical (unpaired) electrons. The summed E-state index contributed by atoms with van der Waals surface area (Å²) in [6, 6.07) is 7.62. The van der Waals surface area contributed by atoms with Crippen LogP contribution in [0.2, 0.25) is 5.02 Å². The van der Waals surface area contributed by atoms with Crippen LogP contribution in [-0.2, 0) is 32.6 Å². The van der Waals surface area contributed by atoms with Crippen molar-refractivity contribution in [1.29, 1.82) is 5.26 Å². The summed E-state index contributed by atoms with van der Waals surface area (Å²) in [5.74, 6) is -1.46. The van der Waals surface area contributed by atoms with E-state index < -0.39 is 52.8 Å². The number of carbonyl (C=O) groups excluding carboxylic acids is 3. The first-order valence-corrected chi connectivity index (χ1v) is 18.7. The van der Waals surface area contributed by atoms with Gasteiger partial charge in [-0.15, -0.1) is 5.10 Å². The molecule has 2 fully saturated rings. The van der Waals surface area contributed by atoms with Crippen LogP contribution < -0.4 is 10.9 Å². The lowest BCUT2D eigenvalue weighted by Crippen LogP contribution is -2.48. The summed E-state index contributed by atoms with van der Waals surface area (Å²) in [5, 5.41) is 26.8. The number of alkyl halides is 3. The largest absolute Gasteiger partial charge is 0.505 e. The lowest BCUT2D eigenvalue weighted by molar-refractivity contribution is -0.142. The number of nitrogens with zero attached hydrogens (tertiary/aromatic N) is 8. The minimum atomic E-state index is -4.65.